The minimum absolute atomic E-state index is 0.0430. The minimum Gasteiger partial charge on any atom is -0.383 e. The molecular weight excluding hydrogens is 492 g/mol. The molecule has 1 unspecified atom stereocenters. The van der Waals surface area contributed by atoms with Gasteiger partial charge in [-0.05, 0) is 18.6 Å². The lowest BCUT2D eigenvalue weighted by Gasteiger charge is -2.13. The van der Waals surface area contributed by atoms with Crippen LogP contribution >= 0.6 is 23.2 Å². The molecule has 0 aliphatic rings. The average Bonchev–Trinajstić information content (AvgIpc) is 3.02. The monoisotopic (exact) mass is 512 g/mol. The Balaban J connectivity index is 2.49. The first-order chi connectivity index (χ1) is 14.9. The summed E-state index contributed by atoms with van der Waals surface area (Å²) in [5.41, 5.74) is 12.9. The van der Waals surface area contributed by atoms with E-state index in [1.165, 1.54) is 6.26 Å². The lowest BCUT2D eigenvalue weighted by atomic mass is 10.2. The Kier molecular flexibility index (Phi) is 8.54. The molecule has 2 aromatic rings. The first-order valence-electron chi connectivity index (χ1n) is 9.29. The second-order valence-electron chi connectivity index (χ2n) is 6.70. The van der Waals surface area contributed by atoms with Crippen molar-refractivity contribution in [3.63, 3.8) is 0 Å². The first-order valence-corrected chi connectivity index (χ1v) is 11.6. The third-order valence-corrected chi connectivity index (χ3v) is 5.82. The molecule has 2 rings (SSSR count). The van der Waals surface area contributed by atoms with Gasteiger partial charge in [0, 0.05) is 12.7 Å². The summed E-state index contributed by atoms with van der Waals surface area (Å²) in [4.78, 5) is 11.8. The number of halogens is 5. The van der Waals surface area contributed by atoms with E-state index >= 15 is 0 Å². The van der Waals surface area contributed by atoms with Gasteiger partial charge in [0.2, 0.25) is 5.91 Å². The Bertz CT molecular complexity index is 1050. The van der Waals surface area contributed by atoms with Crippen molar-refractivity contribution >= 4 is 51.6 Å². The number of amides is 1. The lowest BCUT2D eigenvalue weighted by molar-refractivity contribution is -0.137. The smallest absolute Gasteiger partial charge is 0.383 e. The van der Waals surface area contributed by atoms with Crippen LogP contribution in [0.4, 0.5) is 19.0 Å². The van der Waals surface area contributed by atoms with Gasteiger partial charge in [-0.3, -0.25) is 9.00 Å². The molecule has 32 heavy (non-hydrogen) atoms. The number of hydrogen-bond acceptors (Lipinski definition) is 5. The van der Waals surface area contributed by atoms with Crippen molar-refractivity contribution in [2.45, 2.75) is 43.7 Å². The molecule has 5 N–H and O–H groups in total. The van der Waals surface area contributed by atoms with Crippen molar-refractivity contribution in [1.82, 2.24) is 15.2 Å². The second kappa shape index (κ2) is 10.5. The maximum absolute atomic E-state index is 13.0. The number of unbranched alkanes of at least 4 members (excludes halogenated alkanes) is 2. The molecule has 0 bridgehead atoms. The van der Waals surface area contributed by atoms with E-state index in [0.29, 0.717) is 18.6 Å². The predicted molar refractivity (Wildman–Crippen MR) is 118 cm³/mol. The van der Waals surface area contributed by atoms with E-state index in [1.807, 2.05) is 6.92 Å². The van der Waals surface area contributed by atoms with Gasteiger partial charge >= 0.3 is 6.18 Å². The number of carbonyl (C=O) groups is 1. The molecule has 1 aromatic carbocycles. The van der Waals surface area contributed by atoms with Crippen LogP contribution in [-0.4, -0.2) is 32.0 Å². The van der Waals surface area contributed by atoms with Crippen LogP contribution in [0.1, 0.15) is 43.9 Å². The van der Waals surface area contributed by atoms with E-state index in [2.05, 4.69) is 15.6 Å². The standard InChI is InChI=1S/C18H21Cl2F3N6O2S/c1-3-4-5-6-12(30)26-27-16(24)13-15(32(2)31)17(25)29(28-13)14-10(19)7-9(8-11(14)20)18(21,22)23/h7-8H,3-6,25H2,1-2H3,(H2,24,27)(H,26,30). The van der Waals surface area contributed by atoms with E-state index < -0.39 is 32.6 Å². The zero-order chi connectivity index (χ0) is 24.2. The summed E-state index contributed by atoms with van der Waals surface area (Å²) in [7, 11) is -1.73. The van der Waals surface area contributed by atoms with E-state index in [4.69, 9.17) is 34.7 Å². The Morgan fingerprint density at radius 2 is 1.88 bits per heavy atom. The summed E-state index contributed by atoms with van der Waals surface area (Å²) in [6, 6.07) is 1.33. The molecule has 0 aliphatic heterocycles. The lowest BCUT2D eigenvalue weighted by Crippen LogP contribution is -2.25. The molecule has 1 amide bonds. The Labute approximate surface area is 194 Å². The normalized spacial score (nSPS) is 13.3. The van der Waals surface area contributed by atoms with Crippen LogP contribution in [0.25, 0.3) is 5.69 Å². The number of nitrogens with one attached hydrogen (secondary N) is 1. The van der Waals surface area contributed by atoms with Crippen LogP contribution in [0, 0.1) is 0 Å². The van der Waals surface area contributed by atoms with Crippen molar-refractivity contribution in [3.05, 3.63) is 33.4 Å². The van der Waals surface area contributed by atoms with Crippen LogP contribution in [0.3, 0.4) is 0 Å². The largest absolute Gasteiger partial charge is 0.416 e. The van der Waals surface area contributed by atoms with Crippen molar-refractivity contribution in [2.24, 2.45) is 10.8 Å². The van der Waals surface area contributed by atoms with Gasteiger partial charge in [-0.25, -0.2) is 10.1 Å². The third kappa shape index (κ3) is 5.93. The number of rotatable bonds is 8. The molecule has 1 aromatic heterocycles. The zero-order valence-electron chi connectivity index (χ0n) is 17.1. The van der Waals surface area contributed by atoms with Crippen LogP contribution in [-0.2, 0) is 21.8 Å². The minimum atomic E-state index is -4.67. The molecule has 0 saturated heterocycles. The van der Waals surface area contributed by atoms with Crippen molar-refractivity contribution in [3.8, 4) is 5.69 Å². The molecule has 0 aliphatic carbocycles. The van der Waals surface area contributed by atoms with Crippen molar-refractivity contribution < 1.29 is 22.2 Å². The van der Waals surface area contributed by atoms with Crippen LogP contribution in [0.15, 0.2) is 22.1 Å². The quantitative estimate of drug-likeness (QED) is 0.214. The molecule has 14 heteroatoms. The molecule has 1 heterocycles. The summed E-state index contributed by atoms with van der Waals surface area (Å²) in [5, 5.41) is 7.10. The van der Waals surface area contributed by atoms with Gasteiger partial charge in [0.15, 0.2) is 5.84 Å². The van der Waals surface area contributed by atoms with Gasteiger partial charge in [0.25, 0.3) is 0 Å². The number of nitrogen functional groups attached to an aromatic ring is 1. The molecule has 0 radical (unpaired) electrons. The highest BCUT2D eigenvalue weighted by atomic mass is 35.5. The number of nitrogens with two attached hydrogens (primary N) is 2. The Morgan fingerprint density at radius 1 is 1.28 bits per heavy atom. The fourth-order valence-corrected chi connectivity index (χ4v) is 4.18. The number of nitrogens with zero attached hydrogens (tertiary/aromatic N) is 3. The maximum Gasteiger partial charge on any atom is 0.416 e. The summed E-state index contributed by atoms with van der Waals surface area (Å²) in [6.45, 7) is 2.00. The predicted octanol–water partition coefficient (Wildman–Crippen LogP) is 3.83. The highest BCUT2D eigenvalue weighted by Gasteiger charge is 2.33. The van der Waals surface area contributed by atoms with E-state index in [0.717, 1.165) is 17.5 Å². The topological polar surface area (TPSA) is 128 Å². The van der Waals surface area contributed by atoms with Gasteiger partial charge in [0.1, 0.15) is 22.1 Å². The molecular formula is C18H21Cl2F3N6O2S. The number of aromatic nitrogens is 2. The number of amidine groups is 1. The third-order valence-electron chi connectivity index (χ3n) is 4.27. The SMILES string of the molecule is CCCCCC(=O)N/N=C(\N)c1nn(-c2c(Cl)cc(C(F)(F)F)cc2Cl)c(N)c1S(C)=O. The van der Waals surface area contributed by atoms with Gasteiger partial charge in [0.05, 0.1) is 26.4 Å². The first kappa shape index (κ1) is 25.9. The van der Waals surface area contributed by atoms with E-state index in [9.17, 15) is 22.2 Å². The van der Waals surface area contributed by atoms with Gasteiger partial charge in [-0.1, -0.05) is 43.0 Å². The molecule has 0 saturated carbocycles. The number of benzene rings is 1. The summed E-state index contributed by atoms with van der Waals surface area (Å²) >= 11 is 12.1. The maximum atomic E-state index is 13.0. The van der Waals surface area contributed by atoms with Gasteiger partial charge < -0.3 is 11.5 Å². The molecule has 0 fully saturated rings. The van der Waals surface area contributed by atoms with Gasteiger partial charge in [-0.2, -0.15) is 23.4 Å². The highest BCUT2D eigenvalue weighted by Crippen LogP contribution is 2.39. The van der Waals surface area contributed by atoms with Gasteiger partial charge in [-0.15, -0.1) is 0 Å². The second-order valence-corrected chi connectivity index (χ2v) is 8.84. The molecule has 176 valence electrons. The number of alkyl halides is 3. The van der Waals surface area contributed by atoms with Crippen LogP contribution < -0.4 is 16.9 Å². The summed E-state index contributed by atoms with van der Waals surface area (Å²) < 4.78 is 52.3. The molecule has 1 atom stereocenters. The average molecular weight is 513 g/mol. The zero-order valence-corrected chi connectivity index (χ0v) is 19.4. The van der Waals surface area contributed by atoms with Crippen molar-refractivity contribution in [1.29, 1.82) is 0 Å². The highest BCUT2D eigenvalue weighted by molar-refractivity contribution is 7.84. The number of carbonyl (C=O) groups excluding carboxylic acids is 1. The fraction of sp³-hybridized carbons (Fsp3) is 0.389. The van der Waals surface area contributed by atoms with Crippen LogP contribution in [0.2, 0.25) is 10.0 Å². The Hall–Kier alpha value is -2.31. The number of hydrazone groups is 1. The van der Waals surface area contributed by atoms with Crippen LogP contribution in [0.5, 0.6) is 0 Å². The number of anilines is 1. The molecule has 0 spiro atoms. The van der Waals surface area contributed by atoms with E-state index in [1.54, 1.807) is 0 Å². The summed E-state index contributed by atoms with van der Waals surface area (Å²) in [5.74, 6) is -0.887. The fourth-order valence-electron chi connectivity index (χ4n) is 2.74. The van der Waals surface area contributed by atoms with Crippen molar-refractivity contribution in [2.75, 3.05) is 12.0 Å². The van der Waals surface area contributed by atoms with E-state index in [-0.39, 0.29) is 40.3 Å². The Morgan fingerprint density at radius 3 is 2.38 bits per heavy atom. The molecule has 8 nitrogen and oxygen atoms in total. The summed E-state index contributed by atoms with van der Waals surface area (Å²) in [6.07, 6.45) is -0.640. The number of hydrogen-bond donors (Lipinski definition) is 3.